The minimum absolute atomic E-state index is 0.102. The molecule has 0 bridgehead atoms. The zero-order chi connectivity index (χ0) is 14.7. The first-order valence-electron chi connectivity index (χ1n) is 6.97. The van der Waals surface area contributed by atoms with Crippen molar-refractivity contribution in [2.75, 3.05) is 19.8 Å². The molecule has 2 unspecified atom stereocenters. The van der Waals surface area contributed by atoms with E-state index < -0.39 is 11.9 Å². The predicted octanol–water partition coefficient (Wildman–Crippen LogP) is 0.780. The van der Waals surface area contributed by atoms with E-state index in [1.807, 2.05) is 25.5 Å². The fraction of sp³-hybridized carbons (Fsp3) is 0.769. The molecular formula is C13H22N4O3. The first-order chi connectivity index (χ1) is 9.54. The highest BCUT2D eigenvalue weighted by Gasteiger charge is 2.37. The third-order valence-electron chi connectivity index (χ3n) is 3.72. The van der Waals surface area contributed by atoms with Crippen LogP contribution in [0.25, 0.3) is 0 Å². The van der Waals surface area contributed by atoms with Crippen molar-refractivity contribution in [2.45, 2.75) is 39.4 Å². The number of carbonyl (C=O) groups is 1. The SMILES string of the molecule is CCN(Cc1ncnn1C(C)C)C1COCC1C(=O)O. The summed E-state index contributed by atoms with van der Waals surface area (Å²) in [6.07, 6.45) is 1.54. The first-order valence-corrected chi connectivity index (χ1v) is 6.97. The van der Waals surface area contributed by atoms with Crippen molar-refractivity contribution < 1.29 is 14.6 Å². The molecule has 7 heteroatoms. The Morgan fingerprint density at radius 2 is 2.35 bits per heavy atom. The Balaban J connectivity index is 2.12. The Morgan fingerprint density at radius 1 is 1.60 bits per heavy atom. The average molecular weight is 282 g/mol. The maximum Gasteiger partial charge on any atom is 0.310 e. The third-order valence-corrected chi connectivity index (χ3v) is 3.72. The fourth-order valence-electron chi connectivity index (χ4n) is 2.60. The lowest BCUT2D eigenvalue weighted by Crippen LogP contribution is -2.43. The molecule has 7 nitrogen and oxygen atoms in total. The van der Waals surface area contributed by atoms with E-state index in [0.717, 1.165) is 12.4 Å². The summed E-state index contributed by atoms with van der Waals surface area (Å²) >= 11 is 0. The van der Waals surface area contributed by atoms with Gasteiger partial charge in [-0.15, -0.1) is 0 Å². The van der Waals surface area contributed by atoms with Gasteiger partial charge in [-0.1, -0.05) is 6.92 Å². The van der Waals surface area contributed by atoms with Crippen LogP contribution in [0.1, 0.15) is 32.6 Å². The molecule has 1 aliphatic heterocycles. The Morgan fingerprint density at radius 3 is 2.95 bits per heavy atom. The Labute approximate surface area is 118 Å². The van der Waals surface area contributed by atoms with E-state index >= 15 is 0 Å². The highest BCUT2D eigenvalue weighted by Crippen LogP contribution is 2.22. The van der Waals surface area contributed by atoms with Crippen molar-refractivity contribution in [3.63, 3.8) is 0 Å². The minimum atomic E-state index is -0.795. The van der Waals surface area contributed by atoms with Gasteiger partial charge in [0.05, 0.1) is 25.7 Å². The Kier molecular flexibility index (Phi) is 4.72. The number of ether oxygens (including phenoxy) is 1. The van der Waals surface area contributed by atoms with Crippen LogP contribution < -0.4 is 0 Å². The number of aliphatic carboxylic acids is 1. The van der Waals surface area contributed by atoms with E-state index in [1.165, 1.54) is 0 Å². The molecule has 0 spiro atoms. The van der Waals surface area contributed by atoms with Gasteiger partial charge in [0.1, 0.15) is 12.2 Å². The second-order valence-corrected chi connectivity index (χ2v) is 5.33. The molecule has 0 amide bonds. The van der Waals surface area contributed by atoms with Crippen LogP contribution in [0.3, 0.4) is 0 Å². The summed E-state index contributed by atoms with van der Waals surface area (Å²) in [5, 5.41) is 13.5. The average Bonchev–Trinajstić information content (AvgIpc) is 3.04. The molecule has 0 aliphatic carbocycles. The van der Waals surface area contributed by atoms with Crippen molar-refractivity contribution in [1.29, 1.82) is 0 Å². The smallest absolute Gasteiger partial charge is 0.310 e. The summed E-state index contributed by atoms with van der Waals surface area (Å²) in [4.78, 5) is 17.7. The fourth-order valence-corrected chi connectivity index (χ4v) is 2.60. The van der Waals surface area contributed by atoms with E-state index in [1.54, 1.807) is 6.33 Å². The first kappa shape index (κ1) is 14.9. The summed E-state index contributed by atoms with van der Waals surface area (Å²) in [6.45, 7) is 8.21. The summed E-state index contributed by atoms with van der Waals surface area (Å²) < 4.78 is 7.21. The lowest BCUT2D eigenvalue weighted by molar-refractivity contribution is -0.143. The predicted molar refractivity (Wildman–Crippen MR) is 72.2 cm³/mol. The number of carboxylic acid groups (broad SMARTS) is 1. The van der Waals surface area contributed by atoms with Crippen molar-refractivity contribution in [3.8, 4) is 0 Å². The number of hydrogen-bond acceptors (Lipinski definition) is 5. The lowest BCUT2D eigenvalue weighted by atomic mass is 10.0. The zero-order valence-corrected chi connectivity index (χ0v) is 12.2. The van der Waals surface area contributed by atoms with Gasteiger partial charge in [-0.3, -0.25) is 9.69 Å². The van der Waals surface area contributed by atoms with Gasteiger partial charge in [-0.25, -0.2) is 9.67 Å². The molecule has 0 aromatic carbocycles. The molecule has 2 atom stereocenters. The van der Waals surface area contributed by atoms with E-state index in [-0.39, 0.29) is 18.7 Å². The molecule has 2 heterocycles. The van der Waals surface area contributed by atoms with Gasteiger partial charge in [0, 0.05) is 12.1 Å². The van der Waals surface area contributed by atoms with Crippen molar-refractivity contribution >= 4 is 5.97 Å². The Bertz CT molecular complexity index is 460. The van der Waals surface area contributed by atoms with Crippen molar-refractivity contribution in [2.24, 2.45) is 5.92 Å². The van der Waals surface area contributed by atoms with E-state index in [2.05, 4.69) is 15.0 Å². The van der Waals surface area contributed by atoms with E-state index in [9.17, 15) is 9.90 Å². The van der Waals surface area contributed by atoms with Crippen molar-refractivity contribution in [1.82, 2.24) is 19.7 Å². The van der Waals surface area contributed by atoms with Crippen LogP contribution in [0.4, 0.5) is 0 Å². The molecule has 2 rings (SSSR count). The number of aromatic nitrogens is 3. The maximum atomic E-state index is 11.3. The number of carboxylic acids is 1. The van der Waals surface area contributed by atoms with Crippen LogP contribution in [0.15, 0.2) is 6.33 Å². The summed E-state index contributed by atoms with van der Waals surface area (Å²) in [7, 11) is 0. The number of likely N-dealkylation sites (N-methyl/N-ethyl adjacent to an activating group) is 1. The molecular weight excluding hydrogens is 260 g/mol. The van der Waals surface area contributed by atoms with Crippen LogP contribution in [-0.2, 0) is 16.1 Å². The number of hydrogen-bond donors (Lipinski definition) is 1. The highest BCUT2D eigenvalue weighted by atomic mass is 16.5. The van der Waals surface area contributed by atoms with Gasteiger partial charge >= 0.3 is 5.97 Å². The molecule has 1 fully saturated rings. The third kappa shape index (κ3) is 2.99. The molecule has 1 aromatic rings. The quantitative estimate of drug-likeness (QED) is 0.830. The maximum absolute atomic E-state index is 11.3. The zero-order valence-electron chi connectivity index (χ0n) is 12.2. The number of rotatable bonds is 6. The second kappa shape index (κ2) is 6.32. The molecule has 1 aromatic heterocycles. The van der Waals surface area contributed by atoms with Crippen LogP contribution in [0, 0.1) is 5.92 Å². The standard InChI is InChI=1S/C13H22N4O3/c1-4-16(11-7-20-6-10(11)13(18)19)5-12-14-8-15-17(12)9(2)3/h8-11H,4-7H2,1-3H3,(H,18,19). The second-order valence-electron chi connectivity index (χ2n) is 5.33. The van der Waals surface area contributed by atoms with Gasteiger partial charge in [0.15, 0.2) is 0 Å². The molecule has 20 heavy (non-hydrogen) atoms. The lowest BCUT2D eigenvalue weighted by Gasteiger charge is -2.28. The molecule has 1 N–H and O–H groups in total. The van der Waals surface area contributed by atoms with E-state index in [0.29, 0.717) is 13.2 Å². The van der Waals surface area contributed by atoms with Crippen LogP contribution >= 0.6 is 0 Å². The van der Waals surface area contributed by atoms with Gasteiger partial charge in [0.2, 0.25) is 0 Å². The summed E-state index contributed by atoms with van der Waals surface area (Å²) in [5.41, 5.74) is 0. The van der Waals surface area contributed by atoms with Gasteiger partial charge < -0.3 is 9.84 Å². The monoisotopic (exact) mass is 282 g/mol. The highest BCUT2D eigenvalue weighted by molar-refractivity contribution is 5.71. The molecule has 112 valence electrons. The molecule has 1 saturated heterocycles. The van der Waals surface area contributed by atoms with Crippen LogP contribution in [-0.4, -0.2) is 56.5 Å². The van der Waals surface area contributed by atoms with Gasteiger partial charge in [-0.2, -0.15) is 5.10 Å². The Hall–Kier alpha value is -1.47. The molecule has 0 saturated carbocycles. The van der Waals surface area contributed by atoms with Gasteiger partial charge in [-0.05, 0) is 20.4 Å². The van der Waals surface area contributed by atoms with Crippen molar-refractivity contribution in [3.05, 3.63) is 12.2 Å². The van der Waals surface area contributed by atoms with Gasteiger partial charge in [0.25, 0.3) is 0 Å². The number of nitrogens with zero attached hydrogens (tertiary/aromatic N) is 4. The molecule has 1 aliphatic rings. The summed E-state index contributed by atoms with van der Waals surface area (Å²) in [5.74, 6) is -0.403. The van der Waals surface area contributed by atoms with Crippen LogP contribution in [0.5, 0.6) is 0 Å². The normalized spacial score (nSPS) is 22.9. The van der Waals surface area contributed by atoms with E-state index in [4.69, 9.17) is 4.74 Å². The summed E-state index contributed by atoms with van der Waals surface area (Å²) in [6, 6.07) is 0.135. The molecule has 0 radical (unpaired) electrons. The minimum Gasteiger partial charge on any atom is -0.481 e. The largest absolute Gasteiger partial charge is 0.481 e. The van der Waals surface area contributed by atoms with Crippen LogP contribution in [0.2, 0.25) is 0 Å². The topological polar surface area (TPSA) is 80.5 Å².